The van der Waals surface area contributed by atoms with Crippen LogP contribution < -0.4 is 15.0 Å². The monoisotopic (exact) mass is 339 g/mol. The predicted octanol–water partition coefficient (Wildman–Crippen LogP) is 3.34. The number of nitrogens with one attached hydrogen (secondary N) is 1. The second-order valence-electron chi connectivity index (χ2n) is 5.15. The number of alkyl halides is 3. The van der Waals surface area contributed by atoms with Crippen LogP contribution in [0.3, 0.4) is 0 Å². The number of amides is 1. The fourth-order valence-electron chi connectivity index (χ4n) is 1.93. The minimum Gasteiger partial charge on any atom is -0.484 e. The Hall–Kier alpha value is -2.77. The topological polar surface area (TPSA) is 54.5 Å². The van der Waals surface area contributed by atoms with Crippen LogP contribution in [0, 0.1) is 0 Å². The first-order valence-corrected chi connectivity index (χ1v) is 6.99. The number of hydrogen-bond donors (Lipinski definition) is 1. The molecule has 1 aromatic carbocycles. The molecular formula is C16H16F3N3O2. The molecule has 2 rings (SSSR count). The third kappa shape index (κ3) is 4.87. The highest BCUT2D eigenvalue weighted by atomic mass is 19.4. The molecule has 0 unspecified atom stereocenters. The normalized spacial score (nSPS) is 11.0. The number of ether oxygens (including phenoxy) is 1. The Morgan fingerprint density at radius 1 is 1.21 bits per heavy atom. The van der Waals surface area contributed by atoms with Crippen molar-refractivity contribution < 1.29 is 22.7 Å². The predicted molar refractivity (Wildman–Crippen MR) is 84.5 cm³/mol. The van der Waals surface area contributed by atoms with Gasteiger partial charge in [0, 0.05) is 26.0 Å². The molecular weight excluding hydrogens is 323 g/mol. The van der Waals surface area contributed by atoms with Crippen molar-refractivity contribution in [1.29, 1.82) is 0 Å². The smallest absolute Gasteiger partial charge is 0.422 e. The third-order valence-electron chi connectivity index (χ3n) is 2.97. The second-order valence-corrected chi connectivity index (χ2v) is 5.15. The summed E-state index contributed by atoms with van der Waals surface area (Å²) in [4.78, 5) is 18.2. The number of halogens is 3. The van der Waals surface area contributed by atoms with Crippen molar-refractivity contribution in [3.8, 4) is 5.75 Å². The van der Waals surface area contributed by atoms with Crippen molar-refractivity contribution in [1.82, 2.24) is 4.98 Å². The van der Waals surface area contributed by atoms with Crippen LogP contribution in [-0.2, 0) is 0 Å². The molecule has 5 nitrogen and oxygen atoms in total. The maximum absolute atomic E-state index is 12.3. The highest BCUT2D eigenvalue weighted by Gasteiger charge is 2.28. The largest absolute Gasteiger partial charge is 0.484 e. The highest BCUT2D eigenvalue weighted by molar-refractivity contribution is 6.07. The quantitative estimate of drug-likeness (QED) is 0.908. The molecule has 0 fully saturated rings. The van der Waals surface area contributed by atoms with E-state index in [-0.39, 0.29) is 11.7 Å². The van der Waals surface area contributed by atoms with E-state index in [0.29, 0.717) is 17.1 Å². The van der Waals surface area contributed by atoms with E-state index in [0.717, 1.165) is 0 Å². The van der Waals surface area contributed by atoms with Gasteiger partial charge in [0.05, 0.1) is 5.56 Å². The van der Waals surface area contributed by atoms with Crippen LogP contribution in [-0.4, -0.2) is 37.8 Å². The first-order chi connectivity index (χ1) is 11.3. The van der Waals surface area contributed by atoms with Gasteiger partial charge in [-0.25, -0.2) is 4.98 Å². The van der Waals surface area contributed by atoms with Crippen molar-refractivity contribution in [3.05, 3.63) is 48.2 Å². The summed E-state index contributed by atoms with van der Waals surface area (Å²) in [6.45, 7) is -1.36. The fraction of sp³-hybridized carbons (Fsp3) is 0.250. The van der Waals surface area contributed by atoms with E-state index < -0.39 is 12.8 Å². The Balaban J connectivity index is 2.05. The van der Waals surface area contributed by atoms with Gasteiger partial charge in [0.1, 0.15) is 11.6 Å². The lowest BCUT2D eigenvalue weighted by molar-refractivity contribution is -0.153. The Morgan fingerprint density at radius 3 is 2.46 bits per heavy atom. The van der Waals surface area contributed by atoms with Gasteiger partial charge in [-0.05, 0) is 36.4 Å². The van der Waals surface area contributed by atoms with Crippen molar-refractivity contribution in [2.45, 2.75) is 6.18 Å². The molecule has 0 radical (unpaired) electrons. The van der Waals surface area contributed by atoms with E-state index in [1.807, 2.05) is 0 Å². The number of nitrogens with zero attached hydrogens (tertiary/aromatic N) is 2. The van der Waals surface area contributed by atoms with Gasteiger partial charge in [-0.2, -0.15) is 13.2 Å². The van der Waals surface area contributed by atoms with Crippen LogP contribution in [0.4, 0.5) is 24.7 Å². The summed E-state index contributed by atoms with van der Waals surface area (Å²) in [5, 5.41) is 2.67. The second kappa shape index (κ2) is 7.20. The lowest BCUT2D eigenvalue weighted by Gasteiger charge is -2.15. The fourth-order valence-corrected chi connectivity index (χ4v) is 1.93. The summed E-state index contributed by atoms with van der Waals surface area (Å²) in [6, 6.07) is 8.94. The lowest BCUT2D eigenvalue weighted by Crippen LogP contribution is -2.20. The number of carbonyl (C=O) groups is 1. The van der Waals surface area contributed by atoms with Gasteiger partial charge < -0.3 is 15.0 Å². The standard InChI is InChI=1S/C16H16F3N3O2/c1-22(2)14-13(4-3-9-20-14)15(23)21-11-5-7-12(8-6-11)24-10-16(17,18)19/h3-9H,10H2,1-2H3,(H,21,23). The van der Waals surface area contributed by atoms with Crippen LogP contribution in [0.2, 0.25) is 0 Å². The number of carbonyl (C=O) groups excluding carboxylic acids is 1. The van der Waals surface area contributed by atoms with Crippen molar-refractivity contribution in [2.24, 2.45) is 0 Å². The molecule has 1 amide bonds. The number of aromatic nitrogens is 1. The molecule has 1 N–H and O–H groups in total. The zero-order valence-electron chi connectivity index (χ0n) is 13.1. The van der Waals surface area contributed by atoms with Gasteiger partial charge in [0.25, 0.3) is 5.91 Å². The summed E-state index contributed by atoms with van der Waals surface area (Å²) in [5.41, 5.74) is 0.827. The van der Waals surface area contributed by atoms with E-state index in [9.17, 15) is 18.0 Å². The SMILES string of the molecule is CN(C)c1ncccc1C(=O)Nc1ccc(OCC(F)(F)F)cc1. The van der Waals surface area contributed by atoms with Crippen LogP contribution in [0.15, 0.2) is 42.6 Å². The summed E-state index contributed by atoms with van der Waals surface area (Å²) in [6.07, 6.45) is -2.81. The first-order valence-electron chi connectivity index (χ1n) is 6.99. The Bertz CT molecular complexity index is 700. The molecule has 0 aliphatic rings. The molecule has 0 aliphatic carbocycles. The van der Waals surface area contributed by atoms with Gasteiger partial charge in [0.15, 0.2) is 6.61 Å². The van der Waals surface area contributed by atoms with Crippen molar-refractivity contribution in [2.75, 3.05) is 30.9 Å². The Labute approximate surface area is 137 Å². The molecule has 0 bridgehead atoms. The molecule has 2 aromatic rings. The van der Waals surface area contributed by atoms with Gasteiger partial charge in [-0.3, -0.25) is 4.79 Å². The molecule has 0 saturated heterocycles. The summed E-state index contributed by atoms with van der Waals surface area (Å²) in [5.74, 6) is 0.219. The van der Waals surface area contributed by atoms with Gasteiger partial charge in [0.2, 0.25) is 0 Å². The molecule has 0 spiro atoms. The van der Waals surface area contributed by atoms with Gasteiger partial charge in [-0.15, -0.1) is 0 Å². The number of benzene rings is 1. The summed E-state index contributed by atoms with van der Waals surface area (Å²) in [7, 11) is 3.54. The van der Waals surface area contributed by atoms with E-state index >= 15 is 0 Å². The number of hydrogen-bond acceptors (Lipinski definition) is 4. The lowest BCUT2D eigenvalue weighted by atomic mass is 10.2. The molecule has 0 atom stereocenters. The van der Waals surface area contributed by atoms with E-state index in [1.54, 1.807) is 37.3 Å². The number of pyridine rings is 1. The van der Waals surface area contributed by atoms with E-state index in [4.69, 9.17) is 0 Å². The first kappa shape index (κ1) is 17.6. The third-order valence-corrected chi connectivity index (χ3v) is 2.97. The maximum atomic E-state index is 12.3. The van der Waals surface area contributed by atoms with Gasteiger partial charge in [-0.1, -0.05) is 0 Å². The molecule has 8 heteroatoms. The van der Waals surface area contributed by atoms with Crippen molar-refractivity contribution in [3.63, 3.8) is 0 Å². The number of rotatable bonds is 5. The minimum atomic E-state index is -4.39. The minimum absolute atomic E-state index is 0.0701. The average molecular weight is 339 g/mol. The summed E-state index contributed by atoms with van der Waals surface area (Å²) >= 11 is 0. The maximum Gasteiger partial charge on any atom is 0.422 e. The summed E-state index contributed by atoms with van der Waals surface area (Å²) < 4.78 is 40.9. The van der Waals surface area contributed by atoms with Gasteiger partial charge >= 0.3 is 6.18 Å². The van der Waals surface area contributed by atoms with Crippen LogP contribution in [0.5, 0.6) is 5.75 Å². The van der Waals surface area contributed by atoms with Crippen LogP contribution >= 0.6 is 0 Å². The van der Waals surface area contributed by atoms with E-state index in [1.165, 1.54) is 24.3 Å². The molecule has 0 saturated carbocycles. The van der Waals surface area contributed by atoms with Crippen LogP contribution in [0.25, 0.3) is 0 Å². The molecule has 1 heterocycles. The zero-order chi connectivity index (χ0) is 17.7. The Kier molecular flexibility index (Phi) is 5.28. The average Bonchev–Trinajstić information content (AvgIpc) is 2.53. The molecule has 0 aliphatic heterocycles. The highest BCUT2D eigenvalue weighted by Crippen LogP contribution is 2.21. The zero-order valence-corrected chi connectivity index (χ0v) is 13.1. The molecule has 128 valence electrons. The number of anilines is 2. The molecule has 24 heavy (non-hydrogen) atoms. The molecule has 1 aromatic heterocycles. The van der Waals surface area contributed by atoms with Crippen molar-refractivity contribution >= 4 is 17.4 Å². The van der Waals surface area contributed by atoms with E-state index in [2.05, 4.69) is 15.0 Å². The Morgan fingerprint density at radius 2 is 1.88 bits per heavy atom. The van der Waals surface area contributed by atoms with Crippen LogP contribution in [0.1, 0.15) is 10.4 Å².